The van der Waals surface area contributed by atoms with E-state index in [1.165, 1.54) is 20.2 Å². The van der Waals surface area contributed by atoms with E-state index in [2.05, 4.69) is 37.1 Å². The molecule has 1 N–H and O–H groups in total. The Kier molecular flexibility index (Phi) is 4.65. The monoisotopic (exact) mass is 337 g/mol. The Hall–Kier alpha value is -1.19. The second kappa shape index (κ2) is 5.63. The fraction of sp³-hybridized carbons (Fsp3) is 0.333. The fourth-order valence-electron chi connectivity index (χ4n) is 1.20. The summed E-state index contributed by atoms with van der Waals surface area (Å²) in [5.74, 6) is -0.679. The smallest absolute Gasteiger partial charge is 0.357 e. The maximum absolute atomic E-state index is 11.9. The number of methoxy groups -OCH3 is 1. The summed E-state index contributed by atoms with van der Waals surface area (Å²) in [7, 11) is -1.16. The molecule has 0 atom stereocenters. The van der Waals surface area contributed by atoms with Gasteiger partial charge in [0.25, 0.3) is 10.0 Å². The number of halogens is 1. The number of ether oxygens (including phenoxy) is 1. The van der Waals surface area contributed by atoms with Gasteiger partial charge < -0.3 is 4.74 Å². The van der Waals surface area contributed by atoms with Gasteiger partial charge in [0.2, 0.25) is 5.03 Å². The van der Waals surface area contributed by atoms with E-state index < -0.39 is 16.0 Å². The van der Waals surface area contributed by atoms with Crippen molar-refractivity contribution in [3.63, 3.8) is 0 Å². The number of hydrogen-bond acceptors (Lipinski definition) is 5. The number of aromatic nitrogens is 2. The first-order valence-electron chi connectivity index (χ1n) is 4.76. The van der Waals surface area contributed by atoms with Crippen molar-refractivity contribution in [1.29, 1.82) is 0 Å². The molecule has 1 rings (SSSR count). The fourth-order valence-corrected chi connectivity index (χ4v) is 3.37. The molecule has 100 valence electrons. The predicted octanol–water partition coefficient (Wildman–Crippen LogP) is 0.434. The minimum Gasteiger partial charge on any atom is -0.464 e. The Balaban J connectivity index is 3.28. The zero-order valence-electron chi connectivity index (χ0n) is 9.81. The number of hydrogen-bond donors (Lipinski definition) is 1. The van der Waals surface area contributed by atoms with Crippen molar-refractivity contribution in [2.45, 2.75) is 5.03 Å². The molecule has 0 spiro atoms. The highest BCUT2D eigenvalue weighted by Crippen LogP contribution is 2.25. The standard InChI is InChI=1S/C9H12BrN3O4S/c1-4-5-11-18(15,16)8-6(10)7(9(14)17-3)13(2)12-8/h4,11H,1,5H2,2-3H3. The van der Waals surface area contributed by atoms with Gasteiger partial charge in [-0.05, 0) is 15.9 Å². The van der Waals surface area contributed by atoms with Crippen LogP contribution in [0.3, 0.4) is 0 Å². The predicted molar refractivity (Wildman–Crippen MR) is 67.6 cm³/mol. The van der Waals surface area contributed by atoms with Crippen LogP contribution >= 0.6 is 15.9 Å². The van der Waals surface area contributed by atoms with Crippen LogP contribution in [0.25, 0.3) is 0 Å². The SMILES string of the molecule is C=CCNS(=O)(=O)c1nn(C)c(C(=O)OC)c1Br. The van der Waals surface area contributed by atoms with Gasteiger partial charge in [0, 0.05) is 13.6 Å². The summed E-state index contributed by atoms with van der Waals surface area (Å²) in [6, 6.07) is 0. The lowest BCUT2D eigenvalue weighted by atomic mass is 10.4. The molecule has 1 aromatic heterocycles. The molecule has 1 heterocycles. The summed E-state index contributed by atoms with van der Waals surface area (Å²) in [6.45, 7) is 3.47. The van der Waals surface area contributed by atoms with Gasteiger partial charge >= 0.3 is 5.97 Å². The second-order valence-corrected chi connectivity index (χ2v) is 5.70. The molecular weight excluding hydrogens is 326 g/mol. The first-order chi connectivity index (χ1) is 8.35. The topological polar surface area (TPSA) is 90.3 Å². The van der Waals surface area contributed by atoms with Gasteiger partial charge in [0.05, 0.1) is 11.6 Å². The van der Waals surface area contributed by atoms with E-state index in [0.717, 1.165) is 4.68 Å². The Bertz CT molecular complexity index is 579. The first-order valence-corrected chi connectivity index (χ1v) is 7.04. The molecular formula is C9H12BrN3O4S. The van der Waals surface area contributed by atoms with Crippen molar-refractivity contribution in [1.82, 2.24) is 14.5 Å². The van der Waals surface area contributed by atoms with Crippen molar-refractivity contribution in [2.24, 2.45) is 7.05 Å². The average molecular weight is 338 g/mol. The number of carbonyl (C=O) groups excluding carboxylic acids is 1. The second-order valence-electron chi connectivity index (χ2n) is 3.22. The molecule has 0 aliphatic rings. The summed E-state index contributed by atoms with van der Waals surface area (Å²) in [4.78, 5) is 11.5. The maximum atomic E-state index is 11.9. The zero-order valence-corrected chi connectivity index (χ0v) is 12.2. The van der Waals surface area contributed by atoms with Crippen LogP contribution in [0, 0.1) is 0 Å². The number of sulfonamides is 1. The molecule has 0 aliphatic carbocycles. The number of esters is 1. The number of nitrogens with zero attached hydrogens (tertiary/aromatic N) is 2. The lowest BCUT2D eigenvalue weighted by molar-refractivity contribution is 0.0587. The Morgan fingerprint density at radius 3 is 2.78 bits per heavy atom. The van der Waals surface area contributed by atoms with Gasteiger partial charge in [-0.25, -0.2) is 17.9 Å². The molecule has 0 saturated carbocycles. The largest absolute Gasteiger partial charge is 0.464 e. The van der Waals surface area contributed by atoms with Crippen molar-refractivity contribution >= 4 is 31.9 Å². The van der Waals surface area contributed by atoms with Gasteiger partial charge in [-0.2, -0.15) is 5.10 Å². The summed E-state index contributed by atoms with van der Waals surface area (Å²) in [5.41, 5.74) is 0.0245. The summed E-state index contributed by atoms with van der Waals surface area (Å²) < 4.78 is 31.7. The molecule has 0 saturated heterocycles. The van der Waals surface area contributed by atoms with Crippen molar-refractivity contribution in [3.05, 3.63) is 22.8 Å². The molecule has 0 aromatic carbocycles. The summed E-state index contributed by atoms with van der Waals surface area (Å²) in [6.07, 6.45) is 1.40. The number of nitrogens with one attached hydrogen (secondary N) is 1. The van der Waals surface area contributed by atoms with Gasteiger partial charge in [-0.3, -0.25) is 4.68 Å². The highest BCUT2D eigenvalue weighted by molar-refractivity contribution is 9.10. The minimum absolute atomic E-state index is 0.0245. The third kappa shape index (κ3) is 2.79. The van der Waals surface area contributed by atoms with Crippen LogP contribution in [0.5, 0.6) is 0 Å². The van der Waals surface area contributed by atoms with Crippen molar-refractivity contribution in [3.8, 4) is 0 Å². The molecule has 0 fully saturated rings. The zero-order chi connectivity index (χ0) is 13.9. The Morgan fingerprint density at radius 1 is 1.67 bits per heavy atom. The molecule has 9 heteroatoms. The van der Waals surface area contributed by atoms with Crippen LogP contribution in [0.4, 0.5) is 0 Å². The van der Waals surface area contributed by atoms with Crippen LogP contribution in [0.1, 0.15) is 10.5 Å². The lowest BCUT2D eigenvalue weighted by Gasteiger charge is -2.01. The van der Waals surface area contributed by atoms with Crippen LogP contribution < -0.4 is 4.72 Å². The lowest BCUT2D eigenvalue weighted by Crippen LogP contribution is -2.24. The quantitative estimate of drug-likeness (QED) is 0.621. The minimum atomic E-state index is -3.80. The number of carbonyl (C=O) groups is 1. The third-order valence-electron chi connectivity index (χ3n) is 2.01. The van der Waals surface area contributed by atoms with Crippen LogP contribution in [0.15, 0.2) is 22.2 Å². The highest BCUT2D eigenvalue weighted by Gasteiger charge is 2.28. The highest BCUT2D eigenvalue weighted by atomic mass is 79.9. The van der Waals surface area contributed by atoms with Crippen LogP contribution in [-0.2, 0) is 21.8 Å². The Labute approximate surface area is 113 Å². The van der Waals surface area contributed by atoms with Crippen molar-refractivity contribution in [2.75, 3.05) is 13.7 Å². The van der Waals surface area contributed by atoms with E-state index in [1.807, 2.05) is 0 Å². The molecule has 0 amide bonds. The maximum Gasteiger partial charge on any atom is 0.357 e. The number of rotatable bonds is 5. The molecule has 0 unspecified atom stereocenters. The van der Waals surface area contributed by atoms with Gasteiger partial charge in [-0.15, -0.1) is 6.58 Å². The van der Waals surface area contributed by atoms with Gasteiger partial charge in [-0.1, -0.05) is 6.08 Å². The molecule has 0 bridgehead atoms. The molecule has 18 heavy (non-hydrogen) atoms. The van der Waals surface area contributed by atoms with E-state index in [9.17, 15) is 13.2 Å². The number of aryl methyl sites for hydroxylation is 1. The van der Waals surface area contributed by atoms with Crippen LogP contribution in [-0.4, -0.2) is 37.8 Å². The van der Waals surface area contributed by atoms with E-state index in [1.54, 1.807) is 0 Å². The third-order valence-corrected chi connectivity index (χ3v) is 4.37. The van der Waals surface area contributed by atoms with Crippen LogP contribution in [0.2, 0.25) is 0 Å². The van der Waals surface area contributed by atoms with Gasteiger partial charge in [0.15, 0.2) is 5.69 Å². The van der Waals surface area contributed by atoms with E-state index >= 15 is 0 Å². The Morgan fingerprint density at radius 2 is 2.28 bits per heavy atom. The first kappa shape index (κ1) is 14.9. The van der Waals surface area contributed by atoms with Crippen molar-refractivity contribution < 1.29 is 17.9 Å². The van der Waals surface area contributed by atoms with E-state index in [0.29, 0.717) is 0 Å². The average Bonchev–Trinajstić information content (AvgIpc) is 2.62. The molecule has 0 aliphatic heterocycles. The molecule has 1 aromatic rings. The molecule has 0 radical (unpaired) electrons. The molecule has 7 nitrogen and oxygen atoms in total. The van der Waals surface area contributed by atoms with E-state index in [4.69, 9.17) is 0 Å². The van der Waals surface area contributed by atoms with E-state index in [-0.39, 0.29) is 21.7 Å². The summed E-state index contributed by atoms with van der Waals surface area (Å²) >= 11 is 3.04. The normalized spacial score (nSPS) is 11.3. The summed E-state index contributed by atoms with van der Waals surface area (Å²) in [5, 5.41) is 3.52. The van der Waals surface area contributed by atoms with Gasteiger partial charge in [0.1, 0.15) is 0 Å².